The lowest BCUT2D eigenvalue weighted by Gasteiger charge is -2.38. The Hall–Kier alpha value is -0.890. The van der Waals surface area contributed by atoms with Crippen molar-refractivity contribution in [3.63, 3.8) is 0 Å². The Balaban J connectivity index is 0.000000251. The van der Waals surface area contributed by atoms with Gasteiger partial charge in [0.1, 0.15) is 42.7 Å². The maximum absolute atomic E-state index is 10.5. The van der Waals surface area contributed by atoms with E-state index in [9.17, 15) is 35.4 Å². The third-order valence-corrected chi connectivity index (χ3v) is 4.23. The second kappa shape index (κ2) is 9.16. The van der Waals surface area contributed by atoms with Gasteiger partial charge in [-0.15, -0.1) is 0 Å². The molecule has 10 atom stereocenters. The van der Waals surface area contributed by atoms with Crippen molar-refractivity contribution in [3.8, 4) is 0 Å². The summed E-state index contributed by atoms with van der Waals surface area (Å²) in [6, 6.07) is 0. The summed E-state index contributed by atoms with van der Waals surface area (Å²) in [5, 5.41) is 72.5. The Morgan fingerprint density at radius 3 is 1.64 bits per heavy atom. The summed E-state index contributed by atoms with van der Waals surface area (Å²) in [5.41, 5.74) is 0. The zero-order valence-electron chi connectivity index (χ0n) is 13.8. The molecule has 25 heavy (non-hydrogen) atoms. The van der Waals surface area contributed by atoms with Gasteiger partial charge in [0.2, 0.25) is 0 Å². The molecule has 0 spiro atoms. The zero-order chi connectivity index (χ0) is 19.5. The minimum absolute atomic E-state index is 0.366. The van der Waals surface area contributed by atoms with Crippen molar-refractivity contribution in [1.29, 1.82) is 0 Å². The molecule has 0 amide bonds. The van der Waals surface area contributed by atoms with Crippen LogP contribution in [0.5, 0.6) is 0 Å². The second-order valence-corrected chi connectivity index (χ2v) is 6.11. The minimum Gasteiger partial charge on any atom is -0.479 e. The molecule has 0 aliphatic carbocycles. The fourth-order valence-electron chi connectivity index (χ4n) is 2.54. The predicted octanol–water partition coefficient (Wildman–Crippen LogP) is -4.21. The van der Waals surface area contributed by atoms with Crippen molar-refractivity contribution < 1.29 is 55.1 Å². The summed E-state index contributed by atoms with van der Waals surface area (Å²) in [7, 11) is 0. The number of carboxylic acid groups (broad SMARTS) is 1. The first kappa shape index (κ1) is 22.2. The van der Waals surface area contributed by atoms with Crippen LogP contribution in [-0.2, 0) is 14.3 Å². The van der Waals surface area contributed by atoms with Gasteiger partial charge in [0.25, 0.3) is 0 Å². The van der Waals surface area contributed by atoms with Gasteiger partial charge in [-0.2, -0.15) is 0 Å². The number of carboxylic acids is 1. The number of aliphatic hydroxyl groups excluding tert-OH is 7. The standard InChI is InChI=1S/C7H12O6.C7H14O5/c1-2-3(8)4(9)5(10)6(13-2)7(11)12;1-3-5(9)7(11)6(10)4(2-8)12-3/h2-6,8-10H,1H3,(H,11,12);3-11H,2H2,1H3/t2-,3-,4+,5-,6-;3-,4+,5-,6+,7+/m11/s1. The van der Waals surface area contributed by atoms with Gasteiger partial charge in [0.05, 0.1) is 18.8 Å². The number of hydrogen-bond donors (Lipinski definition) is 8. The fourth-order valence-corrected chi connectivity index (χ4v) is 2.54. The van der Waals surface area contributed by atoms with Gasteiger partial charge < -0.3 is 50.3 Å². The first-order valence-corrected chi connectivity index (χ1v) is 7.75. The quantitative estimate of drug-likeness (QED) is 0.234. The molecule has 0 aromatic carbocycles. The Morgan fingerprint density at radius 2 is 1.20 bits per heavy atom. The van der Waals surface area contributed by atoms with E-state index in [2.05, 4.69) is 0 Å². The van der Waals surface area contributed by atoms with E-state index in [0.717, 1.165) is 0 Å². The van der Waals surface area contributed by atoms with E-state index in [1.54, 1.807) is 6.92 Å². The molecule has 2 heterocycles. The Labute approximate surface area is 143 Å². The lowest BCUT2D eigenvalue weighted by atomic mass is 9.96. The molecule has 0 aromatic heterocycles. The molecule has 2 aliphatic rings. The van der Waals surface area contributed by atoms with Crippen LogP contribution >= 0.6 is 0 Å². The van der Waals surface area contributed by atoms with Crippen molar-refractivity contribution in [3.05, 3.63) is 0 Å². The van der Waals surface area contributed by atoms with Gasteiger partial charge >= 0.3 is 5.97 Å². The molecule has 11 heteroatoms. The van der Waals surface area contributed by atoms with E-state index < -0.39 is 67.0 Å². The van der Waals surface area contributed by atoms with Crippen molar-refractivity contribution >= 4 is 5.97 Å². The minimum atomic E-state index is -1.59. The summed E-state index contributed by atoms with van der Waals surface area (Å²) in [6.07, 6.45) is -11.6. The molecule has 0 unspecified atom stereocenters. The van der Waals surface area contributed by atoms with Crippen molar-refractivity contribution in [1.82, 2.24) is 0 Å². The summed E-state index contributed by atoms with van der Waals surface area (Å²) >= 11 is 0. The zero-order valence-corrected chi connectivity index (χ0v) is 13.8. The third kappa shape index (κ3) is 5.06. The lowest BCUT2D eigenvalue weighted by molar-refractivity contribution is -0.224. The average Bonchev–Trinajstić information content (AvgIpc) is 2.57. The van der Waals surface area contributed by atoms with Gasteiger partial charge in [-0.3, -0.25) is 0 Å². The van der Waals surface area contributed by atoms with Gasteiger partial charge in [-0.1, -0.05) is 0 Å². The van der Waals surface area contributed by atoms with Crippen LogP contribution in [0.2, 0.25) is 0 Å². The number of aliphatic carboxylic acids is 1. The van der Waals surface area contributed by atoms with Crippen molar-refractivity contribution in [2.24, 2.45) is 0 Å². The van der Waals surface area contributed by atoms with Crippen LogP contribution in [0.25, 0.3) is 0 Å². The van der Waals surface area contributed by atoms with E-state index in [1.165, 1.54) is 6.92 Å². The summed E-state index contributed by atoms with van der Waals surface area (Å²) < 4.78 is 9.80. The number of hydrogen-bond acceptors (Lipinski definition) is 10. The molecule has 0 saturated carbocycles. The molecule has 148 valence electrons. The van der Waals surface area contributed by atoms with Gasteiger partial charge in [0, 0.05) is 0 Å². The van der Waals surface area contributed by atoms with E-state index in [1.807, 2.05) is 0 Å². The molecular weight excluding hydrogens is 344 g/mol. The molecule has 0 aromatic rings. The number of carbonyl (C=O) groups is 1. The Bertz CT molecular complexity index is 428. The van der Waals surface area contributed by atoms with Crippen molar-refractivity contribution in [2.45, 2.75) is 74.9 Å². The Morgan fingerprint density at radius 1 is 0.760 bits per heavy atom. The summed E-state index contributed by atoms with van der Waals surface area (Å²) in [4.78, 5) is 10.5. The van der Waals surface area contributed by atoms with Crippen molar-refractivity contribution in [2.75, 3.05) is 6.61 Å². The SMILES string of the molecule is C[C@H]1O[C@@H](C(=O)O)[C@H](O)[C@@H](O)[C@@H]1O.C[C@H]1O[C@@H](CO)[C@H](O)[C@@H](O)[C@@H]1O. The van der Waals surface area contributed by atoms with Crippen LogP contribution < -0.4 is 0 Å². The topological polar surface area (TPSA) is 197 Å². The Kier molecular flexibility index (Phi) is 8.12. The second-order valence-electron chi connectivity index (χ2n) is 6.11. The largest absolute Gasteiger partial charge is 0.479 e. The van der Waals surface area contributed by atoms with Crippen LogP contribution in [0.4, 0.5) is 0 Å². The molecule has 0 radical (unpaired) electrons. The van der Waals surface area contributed by atoms with E-state index in [4.69, 9.17) is 19.7 Å². The molecule has 8 N–H and O–H groups in total. The number of ether oxygens (including phenoxy) is 2. The summed E-state index contributed by atoms with van der Waals surface area (Å²) in [5.74, 6) is -1.36. The number of aliphatic hydroxyl groups is 7. The highest BCUT2D eigenvalue weighted by Crippen LogP contribution is 2.21. The summed E-state index contributed by atoms with van der Waals surface area (Å²) in [6.45, 7) is 2.63. The maximum Gasteiger partial charge on any atom is 0.335 e. The van der Waals surface area contributed by atoms with E-state index >= 15 is 0 Å². The molecule has 11 nitrogen and oxygen atoms in total. The van der Waals surface area contributed by atoms with Crippen LogP contribution in [0.3, 0.4) is 0 Å². The van der Waals surface area contributed by atoms with Gasteiger partial charge in [0.15, 0.2) is 6.10 Å². The van der Waals surface area contributed by atoms with Crippen LogP contribution in [-0.4, -0.2) is 114 Å². The predicted molar refractivity (Wildman–Crippen MR) is 79.4 cm³/mol. The molecule has 2 fully saturated rings. The average molecular weight is 370 g/mol. The first-order valence-electron chi connectivity index (χ1n) is 7.75. The van der Waals surface area contributed by atoms with Crippen LogP contribution in [0, 0.1) is 0 Å². The monoisotopic (exact) mass is 370 g/mol. The highest BCUT2D eigenvalue weighted by Gasteiger charge is 2.45. The van der Waals surface area contributed by atoms with Crippen LogP contribution in [0.15, 0.2) is 0 Å². The van der Waals surface area contributed by atoms with Crippen LogP contribution in [0.1, 0.15) is 13.8 Å². The molecule has 2 aliphatic heterocycles. The van der Waals surface area contributed by atoms with E-state index in [-0.39, 0.29) is 6.61 Å². The molecular formula is C14H26O11. The number of rotatable bonds is 2. The van der Waals surface area contributed by atoms with E-state index in [0.29, 0.717) is 0 Å². The lowest BCUT2D eigenvalue weighted by Crippen LogP contribution is -2.58. The first-order chi connectivity index (χ1) is 11.5. The molecule has 2 saturated heterocycles. The highest BCUT2D eigenvalue weighted by atomic mass is 16.6. The maximum atomic E-state index is 10.5. The van der Waals surface area contributed by atoms with Gasteiger partial charge in [-0.05, 0) is 13.8 Å². The molecule has 2 rings (SSSR count). The van der Waals surface area contributed by atoms with Gasteiger partial charge in [-0.25, -0.2) is 4.79 Å². The smallest absolute Gasteiger partial charge is 0.335 e. The highest BCUT2D eigenvalue weighted by molar-refractivity contribution is 5.73. The molecule has 0 bridgehead atoms. The fraction of sp³-hybridized carbons (Fsp3) is 0.929. The normalized spacial score (nSPS) is 47.6. The third-order valence-electron chi connectivity index (χ3n) is 4.23.